The molecular weight excluding hydrogens is 162 g/mol. The molecule has 0 radical (unpaired) electrons. The first kappa shape index (κ1) is 9.47. The Morgan fingerprint density at radius 2 is 2.15 bits per heavy atom. The second kappa shape index (κ2) is 3.97. The lowest BCUT2D eigenvalue weighted by molar-refractivity contribution is -0.0767. The van der Waals surface area contributed by atoms with Gasteiger partial charge in [-0.1, -0.05) is 0 Å². The Hall–Kier alpha value is -0.0800. The van der Waals surface area contributed by atoms with Crippen molar-refractivity contribution in [2.24, 2.45) is 5.92 Å². The van der Waals surface area contributed by atoms with Crippen molar-refractivity contribution >= 4 is 0 Å². The highest BCUT2D eigenvalue weighted by Gasteiger charge is 2.36. The molecule has 0 aliphatic heterocycles. The summed E-state index contributed by atoms with van der Waals surface area (Å²) in [5, 5.41) is 3.53. The summed E-state index contributed by atoms with van der Waals surface area (Å²) in [6, 6.07) is 0. The van der Waals surface area contributed by atoms with Crippen LogP contribution in [-0.4, -0.2) is 25.8 Å². The number of ether oxygens (including phenoxy) is 1. The summed E-state index contributed by atoms with van der Waals surface area (Å²) in [5.74, 6) is 1.000. The van der Waals surface area contributed by atoms with Crippen LogP contribution >= 0.6 is 0 Å². The summed E-state index contributed by atoms with van der Waals surface area (Å²) < 4.78 is 5.56. The summed E-state index contributed by atoms with van der Waals surface area (Å²) in [7, 11) is 1.86. The lowest BCUT2D eigenvalue weighted by atomic mass is 9.77. The molecule has 0 saturated heterocycles. The molecule has 0 aromatic rings. The van der Waals surface area contributed by atoms with Crippen LogP contribution in [0.1, 0.15) is 38.5 Å². The van der Waals surface area contributed by atoms with Crippen molar-refractivity contribution in [2.75, 3.05) is 20.2 Å². The first-order chi connectivity index (χ1) is 6.35. The van der Waals surface area contributed by atoms with Gasteiger partial charge in [-0.05, 0) is 57.5 Å². The van der Waals surface area contributed by atoms with Crippen LogP contribution in [0.4, 0.5) is 0 Å². The highest BCUT2D eigenvalue weighted by molar-refractivity contribution is 4.90. The molecule has 0 aromatic carbocycles. The molecule has 0 heterocycles. The van der Waals surface area contributed by atoms with Crippen molar-refractivity contribution in [2.45, 2.75) is 44.1 Å². The highest BCUT2D eigenvalue weighted by Crippen LogP contribution is 2.37. The first-order valence-corrected chi connectivity index (χ1v) is 5.60. The maximum atomic E-state index is 5.56. The number of nitrogens with one attached hydrogen (secondary N) is 1. The lowest BCUT2D eigenvalue weighted by Gasteiger charge is -2.40. The van der Waals surface area contributed by atoms with Crippen molar-refractivity contribution in [3.8, 4) is 0 Å². The van der Waals surface area contributed by atoms with Crippen molar-refractivity contribution < 1.29 is 4.74 Å². The lowest BCUT2D eigenvalue weighted by Crippen LogP contribution is -2.41. The normalized spacial score (nSPS) is 25.6. The Morgan fingerprint density at radius 1 is 1.38 bits per heavy atom. The molecule has 0 atom stereocenters. The zero-order valence-electron chi connectivity index (χ0n) is 8.64. The minimum atomic E-state index is 0.260. The van der Waals surface area contributed by atoms with E-state index in [1.54, 1.807) is 0 Å². The molecule has 76 valence electrons. The minimum Gasteiger partial charge on any atom is -0.378 e. The second-order valence-electron chi connectivity index (χ2n) is 4.64. The Morgan fingerprint density at radius 3 is 2.62 bits per heavy atom. The number of methoxy groups -OCH3 is 1. The summed E-state index contributed by atoms with van der Waals surface area (Å²) >= 11 is 0. The molecule has 13 heavy (non-hydrogen) atoms. The van der Waals surface area contributed by atoms with Crippen molar-refractivity contribution in [3.63, 3.8) is 0 Å². The van der Waals surface area contributed by atoms with E-state index in [4.69, 9.17) is 4.74 Å². The maximum Gasteiger partial charge on any atom is 0.0690 e. The Balaban J connectivity index is 1.54. The third-order valence-electron chi connectivity index (χ3n) is 3.59. The van der Waals surface area contributed by atoms with Gasteiger partial charge >= 0.3 is 0 Å². The smallest absolute Gasteiger partial charge is 0.0690 e. The quantitative estimate of drug-likeness (QED) is 0.635. The average Bonchev–Trinajstić information content (AvgIpc) is 2.86. The molecule has 0 amide bonds. The van der Waals surface area contributed by atoms with Crippen LogP contribution in [0.15, 0.2) is 0 Å². The van der Waals surface area contributed by atoms with E-state index in [1.807, 2.05) is 7.11 Å². The molecule has 0 spiro atoms. The van der Waals surface area contributed by atoms with E-state index < -0.39 is 0 Å². The van der Waals surface area contributed by atoms with E-state index in [0.29, 0.717) is 0 Å². The molecule has 0 aromatic heterocycles. The first-order valence-electron chi connectivity index (χ1n) is 5.60. The van der Waals surface area contributed by atoms with Crippen LogP contribution in [0, 0.1) is 5.92 Å². The summed E-state index contributed by atoms with van der Waals surface area (Å²) in [6.07, 6.45) is 8.00. The predicted octanol–water partition coefficient (Wildman–Crippen LogP) is 1.95. The van der Waals surface area contributed by atoms with Crippen LogP contribution in [0.25, 0.3) is 0 Å². The molecular formula is C11H21NO. The molecule has 2 nitrogen and oxygen atoms in total. The second-order valence-corrected chi connectivity index (χ2v) is 4.64. The van der Waals surface area contributed by atoms with E-state index in [9.17, 15) is 0 Å². The highest BCUT2D eigenvalue weighted by atomic mass is 16.5. The molecule has 0 unspecified atom stereocenters. The fourth-order valence-electron chi connectivity index (χ4n) is 2.07. The number of rotatable bonds is 6. The fraction of sp³-hybridized carbons (Fsp3) is 1.00. The van der Waals surface area contributed by atoms with Crippen molar-refractivity contribution in [1.29, 1.82) is 0 Å². The Kier molecular flexibility index (Phi) is 2.89. The topological polar surface area (TPSA) is 21.3 Å². The summed E-state index contributed by atoms with van der Waals surface area (Å²) in [4.78, 5) is 0. The monoisotopic (exact) mass is 183 g/mol. The SMILES string of the molecule is COC1(CCNCC2CC2)CCC1. The van der Waals surface area contributed by atoms with Gasteiger partial charge in [0.15, 0.2) is 0 Å². The van der Waals surface area contributed by atoms with E-state index in [0.717, 1.165) is 12.5 Å². The Bertz CT molecular complexity index is 156. The third-order valence-corrected chi connectivity index (χ3v) is 3.59. The van der Waals surface area contributed by atoms with Gasteiger partial charge in [0.05, 0.1) is 5.60 Å². The van der Waals surface area contributed by atoms with Gasteiger partial charge in [0.1, 0.15) is 0 Å². The van der Waals surface area contributed by atoms with Crippen LogP contribution in [-0.2, 0) is 4.74 Å². The minimum absolute atomic E-state index is 0.260. The molecule has 1 N–H and O–H groups in total. The van der Waals surface area contributed by atoms with Crippen LogP contribution in [0.2, 0.25) is 0 Å². The standard InChI is InChI=1S/C11H21NO/c1-13-11(5-2-6-11)7-8-12-9-10-3-4-10/h10,12H,2-9H2,1H3. The van der Waals surface area contributed by atoms with Crippen molar-refractivity contribution in [1.82, 2.24) is 5.32 Å². The predicted molar refractivity (Wildman–Crippen MR) is 53.8 cm³/mol. The summed E-state index contributed by atoms with van der Waals surface area (Å²) in [5.41, 5.74) is 0.260. The zero-order chi connectivity index (χ0) is 9.15. The number of hydrogen-bond donors (Lipinski definition) is 1. The van der Waals surface area contributed by atoms with Crippen LogP contribution in [0.5, 0.6) is 0 Å². The molecule has 2 aliphatic rings. The van der Waals surface area contributed by atoms with E-state index >= 15 is 0 Å². The van der Waals surface area contributed by atoms with Gasteiger partial charge in [0.2, 0.25) is 0 Å². The molecule has 2 rings (SSSR count). The summed E-state index contributed by atoms with van der Waals surface area (Å²) in [6.45, 7) is 2.38. The van der Waals surface area contributed by atoms with E-state index in [1.165, 1.54) is 45.1 Å². The van der Waals surface area contributed by atoms with Crippen molar-refractivity contribution in [3.05, 3.63) is 0 Å². The Labute approximate surface area is 81.0 Å². The average molecular weight is 183 g/mol. The maximum absolute atomic E-state index is 5.56. The van der Waals surface area contributed by atoms with Crippen LogP contribution < -0.4 is 5.32 Å². The van der Waals surface area contributed by atoms with E-state index in [-0.39, 0.29) is 5.60 Å². The van der Waals surface area contributed by atoms with Gasteiger partial charge in [-0.25, -0.2) is 0 Å². The molecule has 2 aliphatic carbocycles. The van der Waals surface area contributed by atoms with Gasteiger partial charge in [-0.3, -0.25) is 0 Å². The van der Waals surface area contributed by atoms with Gasteiger partial charge in [0, 0.05) is 7.11 Å². The zero-order valence-corrected chi connectivity index (χ0v) is 8.64. The van der Waals surface area contributed by atoms with Gasteiger partial charge in [-0.15, -0.1) is 0 Å². The molecule has 0 bridgehead atoms. The van der Waals surface area contributed by atoms with E-state index in [2.05, 4.69) is 5.32 Å². The van der Waals surface area contributed by atoms with Crippen LogP contribution in [0.3, 0.4) is 0 Å². The molecule has 2 saturated carbocycles. The van der Waals surface area contributed by atoms with Gasteiger partial charge < -0.3 is 10.1 Å². The van der Waals surface area contributed by atoms with Gasteiger partial charge in [-0.2, -0.15) is 0 Å². The molecule has 2 fully saturated rings. The fourth-order valence-corrected chi connectivity index (χ4v) is 2.07. The third kappa shape index (κ3) is 2.44. The van der Waals surface area contributed by atoms with Gasteiger partial charge in [0.25, 0.3) is 0 Å². The molecule has 2 heteroatoms. The largest absolute Gasteiger partial charge is 0.378 e. The number of hydrogen-bond acceptors (Lipinski definition) is 2.